The molecule has 0 aliphatic rings. The molecular formula is C16H18N2O. The Bertz CT molecular complexity index is 588. The zero-order valence-electron chi connectivity index (χ0n) is 11.6. The Morgan fingerprint density at radius 2 is 1.95 bits per heavy atom. The number of hydrogen-bond acceptors (Lipinski definition) is 3. The molecule has 19 heavy (non-hydrogen) atoms. The molecule has 0 saturated carbocycles. The molecule has 2 aromatic heterocycles. The van der Waals surface area contributed by atoms with Gasteiger partial charge in [-0.05, 0) is 44.0 Å². The number of pyridine rings is 2. The van der Waals surface area contributed by atoms with Crippen LogP contribution in [0.3, 0.4) is 0 Å². The topological polar surface area (TPSA) is 42.9 Å². The van der Waals surface area contributed by atoms with Gasteiger partial charge in [-0.2, -0.15) is 0 Å². The molecular weight excluding hydrogens is 236 g/mol. The maximum absolute atomic E-state index is 12.2. The lowest BCUT2D eigenvalue weighted by Crippen LogP contribution is -2.08. The second kappa shape index (κ2) is 5.74. The maximum Gasteiger partial charge on any atom is 0.170 e. The molecule has 0 radical (unpaired) electrons. The summed E-state index contributed by atoms with van der Waals surface area (Å²) in [6.07, 6.45) is 3.13. The first-order valence-electron chi connectivity index (χ1n) is 6.51. The van der Waals surface area contributed by atoms with Crippen LogP contribution in [0, 0.1) is 13.8 Å². The number of Topliss-reactive ketones (excluding diaryl/α,β-unsaturated/α-hetero) is 1. The molecule has 0 atom stereocenters. The van der Waals surface area contributed by atoms with Crippen molar-refractivity contribution in [2.75, 3.05) is 0 Å². The molecule has 0 fully saturated rings. The van der Waals surface area contributed by atoms with Gasteiger partial charge in [0.2, 0.25) is 0 Å². The van der Waals surface area contributed by atoms with E-state index in [9.17, 15) is 4.79 Å². The predicted octanol–water partition coefficient (Wildman–Crippen LogP) is 3.08. The van der Waals surface area contributed by atoms with Gasteiger partial charge < -0.3 is 0 Å². The van der Waals surface area contributed by atoms with E-state index in [1.165, 1.54) is 5.56 Å². The molecule has 3 heteroatoms. The lowest BCUT2D eigenvalue weighted by molar-refractivity contribution is 0.0991. The van der Waals surface area contributed by atoms with Crippen molar-refractivity contribution >= 4 is 5.78 Å². The molecule has 2 rings (SSSR count). The van der Waals surface area contributed by atoms with Gasteiger partial charge in [-0.1, -0.05) is 13.0 Å². The first kappa shape index (κ1) is 13.4. The first-order valence-corrected chi connectivity index (χ1v) is 6.51. The Kier molecular flexibility index (Phi) is 4.05. The Morgan fingerprint density at radius 1 is 1.16 bits per heavy atom. The van der Waals surface area contributed by atoms with Crippen LogP contribution < -0.4 is 0 Å². The monoisotopic (exact) mass is 254 g/mol. The van der Waals surface area contributed by atoms with Gasteiger partial charge in [0.25, 0.3) is 0 Å². The number of nitrogens with zero attached hydrogens (tertiary/aromatic N) is 2. The molecule has 2 heterocycles. The van der Waals surface area contributed by atoms with Crippen LogP contribution >= 0.6 is 0 Å². The molecule has 0 N–H and O–H groups in total. The Hall–Kier alpha value is -2.03. The third kappa shape index (κ3) is 3.25. The van der Waals surface area contributed by atoms with Gasteiger partial charge in [0.1, 0.15) is 0 Å². The van der Waals surface area contributed by atoms with Crippen molar-refractivity contribution < 1.29 is 4.79 Å². The van der Waals surface area contributed by atoms with Crippen LogP contribution in [0.2, 0.25) is 0 Å². The zero-order valence-corrected chi connectivity index (χ0v) is 11.6. The number of aromatic nitrogens is 2. The van der Waals surface area contributed by atoms with Gasteiger partial charge in [0.05, 0.1) is 6.42 Å². The van der Waals surface area contributed by atoms with E-state index in [0.717, 1.165) is 23.5 Å². The fraction of sp³-hybridized carbons (Fsp3) is 0.312. The summed E-state index contributed by atoms with van der Waals surface area (Å²) in [5.41, 5.74) is 4.40. The van der Waals surface area contributed by atoms with E-state index in [1.807, 2.05) is 44.3 Å². The van der Waals surface area contributed by atoms with Crippen molar-refractivity contribution in [1.82, 2.24) is 9.97 Å². The number of aryl methyl sites for hydroxylation is 3. The molecule has 0 saturated heterocycles. The van der Waals surface area contributed by atoms with E-state index in [2.05, 4.69) is 16.9 Å². The summed E-state index contributed by atoms with van der Waals surface area (Å²) in [4.78, 5) is 20.9. The van der Waals surface area contributed by atoms with Gasteiger partial charge in [0, 0.05) is 28.8 Å². The third-order valence-corrected chi connectivity index (χ3v) is 3.16. The standard InChI is InChI=1S/C16H18N2O/c1-4-13-6-7-14(17-10-13)9-16(19)15-8-5-11(2)18-12(15)3/h5-8,10H,4,9H2,1-3H3. The van der Waals surface area contributed by atoms with Crippen LogP contribution in [0.4, 0.5) is 0 Å². The molecule has 0 bridgehead atoms. The van der Waals surface area contributed by atoms with Crippen LogP contribution in [0.15, 0.2) is 30.5 Å². The first-order chi connectivity index (χ1) is 9.10. The van der Waals surface area contributed by atoms with Gasteiger partial charge in [-0.15, -0.1) is 0 Å². The van der Waals surface area contributed by atoms with E-state index in [1.54, 1.807) is 0 Å². The smallest absolute Gasteiger partial charge is 0.170 e. The molecule has 0 aromatic carbocycles. The summed E-state index contributed by atoms with van der Waals surface area (Å²) in [6.45, 7) is 5.88. The lowest BCUT2D eigenvalue weighted by Gasteiger charge is -2.05. The molecule has 0 aliphatic carbocycles. The highest BCUT2D eigenvalue weighted by Crippen LogP contribution is 2.11. The molecule has 2 aromatic rings. The molecule has 0 aliphatic heterocycles. The zero-order chi connectivity index (χ0) is 13.8. The molecule has 0 amide bonds. The van der Waals surface area contributed by atoms with Crippen LogP contribution in [-0.4, -0.2) is 15.8 Å². The molecule has 0 spiro atoms. The van der Waals surface area contributed by atoms with Crippen molar-refractivity contribution in [3.8, 4) is 0 Å². The predicted molar refractivity (Wildman–Crippen MR) is 75.4 cm³/mol. The third-order valence-electron chi connectivity index (χ3n) is 3.16. The minimum atomic E-state index is 0.0711. The van der Waals surface area contributed by atoms with E-state index < -0.39 is 0 Å². The van der Waals surface area contributed by atoms with Crippen molar-refractivity contribution in [3.63, 3.8) is 0 Å². The van der Waals surface area contributed by atoms with Crippen molar-refractivity contribution in [2.24, 2.45) is 0 Å². The molecule has 3 nitrogen and oxygen atoms in total. The highest BCUT2D eigenvalue weighted by molar-refractivity contribution is 5.98. The van der Waals surface area contributed by atoms with Gasteiger partial charge in [-0.25, -0.2) is 0 Å². The van der Waals surface area contributed by atoms with Crippen molar-refractivity contribution in [3.05, 3.63) is 58.7 Å². The quantitative estimate of drug-likeness (QED) is 0.787. The van der Waals surface area contributed by atoms with Gasteiger partial charge in [-0.3, -0.25) is 14.8 Å². The summed E-state index contributed by atoms with van der Waals surface area (Å²) in [6, 6.07) is 7.66. The fourth-order valence-corrected chi connectivity index (χ4v) is 2.01. The number of rotatable bonds is 4. The molecule has 98 valence electrons. The highest BCUT2D eigenvalue weighted by Gasteiger charge is 2.11. The van der Waals surface area contributed by atoms with Crippen LogP contribution in [0.5, 0.6) is 0 Å². The van der Waals surface area contributed by atoms with Crippen LogP contribution in [0.25, 0.3) is 0 Å². The summed E-state index contributed by atoms with van der Waals surface area (Å²) in [7, 11) is 0. The average Bonchev–Trinajstić information content (AvgIpc) is 2.39. The summed E-state index contributed by atoms with van der Waals surface area (Å²) in [5, 5.41) is 0. The Balaban J connectivity index is 2.15. The summed E-state index contributed by atoms with van der Waals surface area (Å²) < 4.78 is 0. The summed E-state index contributed by atoms with van der Waals surface area (Å²) in [5.74, 6) is 0.0711. The largest absolute Gasteiger partial charge is 0.294 e. The van der Waals surface area contributed by atoms with Crippen LogP contribution in [0.1, 0.15) is 39.9 Å². The number of ketones is 1. The number of carbonyl (C=O) groups excluding carboxylic acids is 1. The normalized spacial score (nSPS) is 10.5. The van der Waals surface area contributed by atoms with E-state index in [0.29, 0.717) is 12.0 Å². The second-order valence-corrected chi connectivity index (χ2v) is 4.70. The van der Waals surface area contributed by atoms with E-state index in [4.69, 9.17) is 0 Å². The maximum atomic E-state index is 12.2. The molecule has 0 unspecified atom stereocenters. The van der Waals surface area contributed by atoms with Crippen molar-refractivity contribution in [1.29, 1.82) is 0 Å². The Morgan fingerprint density at radius 3 is 2.53 bits per heavy atom. The second-order valence-electron chi connectivity index (χ2n) is 4.70. The number of carbonyl (C=O) groups is 1. The number of hydrogen-bond donors (Lipinski definition) is 0. The summed E-state index contributed by atoms with van der Waals surface area (Å²) >= 11 is 0. The van der Waals surface area contributed by atoms with Crippen molar-refractivity contribution in [2.45, 2.75) is 33.6 Å². The fourth-order valence-electron chi connectivity index (χ4n) is 2.01. The van der Waals surface area contributed by atoms with Crippen LogP contribution in [-0.2, 0) is 12.8 Å². The van der Waals surface area contributed by atoms with E-state index in [-0.39, 0.29) is 5.78 Å². The van der Waals surface area contributed by atoms with Gasteiger partial charge >= 0.3 is 0 Å². The minimum Gasteiger partial charge on any atom is -0.294 e. The van der Waals surface area contributed by atoms with Gasteiger partial charge in [0.15, 0.2) is 5.78 Å². The van der Waals surface area contributed by atoms with E-state index >= 15 is 0 Å². The minimum absolute atomic E-state index is 0.0711. The Labute approximate surface area is 113 Å². The highest BCUT2D eigenvalue weighted by atomic mass is 16.1. The average molecular weight is 254 g/mol. The lowest BCUT2D eigenvalue weighted by atomic mass is 10.0. The SMILES string of the molecule is CCc1ccc(CC(=O)c2ccc(C)nc2C)nc1.